The summed E-state index contributed by atoms with van der Waals surface area (Å²) in [7, 11) is 0. The largest absolute Gasteiger partial charge is 0.416 e. The van der Waals surface area contributed by atoms with E-state index in [2.05, 4.69) is 16.0 Å². The summed E-state index contributed by atoms with van der Waals surface area (Å²) >= 11 is 5.96. The van der Waals surface area contributed by atoms with Crippen LogP contribution < -0.4 is 16.0 Å². The average molecular weight is 522 g/mol. The van der Waals surface area contributed by atoms with Crippen LogP contribution in [0.2, 0.25) is 5.02 Å². The third-order valence-electron chi connectivity index (χ3n) is 5.98. The highest BCUT2D eigenvalue weighted by Crippen LogP contribution is 2.37. The van der Waals surface area contributed by atoms with Crippen LogP contribution in [0.15, 0.2) is 42.5 Å². The fourth-order valence-corrected chi connectivity index (χ4v) is 4.26. The van der Waals surface area contributed by atoms with Gasteiger partial charge in [-0.05, 0) is 61.7 Å². The second-order valence-electron chi connectivity index (χ2n) is 8.60. The molecule has 0 radical (unpaired) electrons. The van der Waals surface area contributed by atoms with Crippen molar-refractivity contribution in [2.45, 2.75) is 56.4 Å². The van der Waals surface area contributed by atoms with E-state index in [-0.39, 0.29) is 18.5 Å². The van der Waals surface area contributed by atoms with Crippen molar-refractivity contribution >= 4 is 23.3 Å². The Morgan fingerprint density at radius 1 is 0.943 bits per heavy atom. The fourth-order valence-electron chi connectivity index (χ4n) is 4.13. The summed E-state index contributed by atoms with van der Waals surface area (Å²) in [5.41, 5.74) is -2.70. The Morgan fingerprint density at radius 3 is 2.06 bits per heavy atom. The van der Waals surface area contributed by atoms with Gasteiger partial charge in [-0.2, -0.15) is 26.3 Å². The second kappa shape index (κ2) is 11.5. The zero-order valence-corrected chi connectivity index (χ0v) is 19.5. The first-order chi connectivity index (χ1) is 16.4. The van der Waals surface area contributed by atoms with E-state index < -0.39 is 35.2 Å². The van der Waals surface area contributed by atoms with E-state index in [0.717, 1.165) is 18.4 Å². The van der Waals surface area contributed by atoms with Crippen LogP contribution in [0.4, 0.5) is 36.8 Å². The molecule has 3 rings (SSSR count). The summed E-state index contributed by atoms with van der Waals surface area (Å²) in [4.78, 5) is 12.4. The molecule has 2 amide bonds. The maximum Gasteiger partial charge on any atom is 0.416 e. The summed E-state index contributed by atoms with van der Waals surface area (Å²) in [6.45, 7) is 0.828. The van der Waals surface area contributed by atoms with Gasteiger partial charge in [-0.1, -0.05) is 36.6 Å². The standard InChI is InChI=1S/C24H26ClF6N3O/c25-19-7-5-15(6-8-19)16(9-10-32-20-3-1-2-4-20)14-33-22(35)34-21-12-17(23(26,27)28)11-18(13-21)24(29,30)31/h5-8,11-13,16,20,32H,1-4,9-10,14H2,(H2,33,34,35). The molecule has 1 aliphatic carbocycles. The van der Waals surface area contributed by atoms with Crippen LogP contribution in [0.25, 0.3) is 0 Å². The van der Waals surface area contributed by atoms with Crippen LogP contribution in [-0.4, -0.2) is 25.2 Å². The number of nitrogens with one attached hydrogen (secondary N) is 3. The molecule has 0 bridgehead atoms. The normalized spacial score (nSPS) is 15.7. The van der Waals surface area contributed by atoms with Gasteiger partial charge in [0.25, 0.3) is 0 Å². The maximum atomic E-state index is 13.1. The molecule has 4 nitrogen and oxygen atoms in total. The van der Waals surface area contributed by atoms with Crippen molar-refractivity contribution < 1.29 is 31.1 Å². The molecular formula is C24H26ClF6N3O. The third kappa shape index (κ3) is 8.31. The van der Waals surface area contributed by atoms with Crippen LogP contribution in [0.3, 0.4) is 0 Å². The van der Waals surface area contributed by atoms with E-state index in [9.17, 15) is 31.1 Å². The number of hydrogen-bond acceptors (Lipinski definition) is 2. The van der Waals surface area contributed by atoms with Gasteiger partial charge in [0, 0.05) is 29.2 Å². The molecule has 192 valence electrons. The molecule has 0 aromatic heterocycles. The lowest BCUT2D eigenvalue weighted by molar-refractivity contribution is -0.143. The summed E-state index contributed by atoms with van der Waals surface area (Å²) < 4.78 is 78.4. The quantitative estimate of drug-likeness (QED) is 0.322. The number of carbonyl (C=O) groups is 1. The summed E-state index contributed by atoms with van der Waals surface area (Å²) in [6.07, 6.45) is -4.73. The van der Waals surface area contributed by atoms with Gasteiger partial charge in [0.15, 0.2) is 0 Å². The highest BCUT2D eigenvalue weighted by molar-refractivity contribution is 6.30. The van der Waals surface area contributed by atoms with E-state index in [0.29, 0.717) is 36.2 Å². The monoisotopic (exact) mass is 521 g/mol. The topological polar surface area (TPSA) is 53.2 Å². The number of alkyl halides is 6. The molecule has 0 spiro atoms. The summed E-state index contributed by atoms with van der Waals surface area (Å²) in [6, 6.07) is 7.59. The minimum atomic E-state index is -5.00. The van der Waals surface area contributed by atoms with Gasteiger partial charge >= 0.3 is 18.4 Å². The average Bonchev–Trinajstić information content (AvgIpc) is 3.29. The van der Waals surface area contributed by atoms with E-state index >= 15 is 0 Å². The summed E-state index contributed by atoms with van der Waals surface area (Å²) in [5.74, 6) is -0.140. The van der Waals surface area contributed by atoms with Crippen LogP contribution >= 0.6 is 11.6 Å². The molecule has 1 saturated carbocycles. The number of benzene rings is 2. The molecule has 0 saturated heterocycles. The number of rotatable bonds is 8. The van der Waals surface area contributed by atoms with Crippen molar-refractivity contribution in [3.05, 3.63) is 64.2 Å². The number of carbonyl (C=O) groups excluding carboxylic acids is 1. The van der Waals surface area contributed by atoms with E-state index in [1.165, 1.54) is 12.8 Å². The lowest BCUT2D eigenvalue weighted by Crippen LogP contribution is -2.34. The fraction of sp³-hybridized carbons (Fsp3) is 0.458. The van der Waals surface area contributed by atoms with Crippen molar-refractivity contribution in [3.63, 3.8) is 0 Å². The van der Waals surface area contributed by atoms with Gasteiger partial charge in [-0.15, -0.1) is 0 Å². The molecule has 2 aromatic rings. The smallest absolute Gasteiger partial charge is 0.337 e. The Morgan fingerprint density at radius 2 is 1.51 bits per heavy atom. The molecule has 1 unspecified atom stereocenters. The van der Waals surface area contributed by atoms with Gasteiger partial charge in [-0.25, -0.2) is 4.79 Å². The molecule has 2 aromatic carbocycles. The molecule has 3 N–H and O–H groups in total. The zero-order valence-electron chi connectivity index (χ0n) is 18.7. The number of amides is 2. The zero-order chi connectivity index (χ0) is 25.6. The minimum absolute atomic E-state index is 0.0109. The van der Waals surface area contributed by atoms with Crippen molar-refractivity contribution in [2.75, 3.05) is 18.4 Å². The van der Waals surface area contributed by atoms with Crippen LogP contribution in [0.1, 0.15) is 54.7 Å². The number of halogens is 7. The SMILES string of the molecule is O=C(NCC(CCNC1CCCC1)c1ccc(Cl)cc1)Nc1cc(C(F)(F)F)cc(C(F)(F)F)c1. The Balaban J connectivity index is 1.66. The highest BCUT2D eigenvalue weighted by Gasteiger charge is 2.37. The first-order valence-electron chi connectivity index (χ1n) is 11.2. The summed E-state index contributed by atoms with van der Waals surface area (Å²) in [5, 5.41) is 8.71. The van der Waals surface area contributed by atoms with Crippen molar-refractivity contribution in [1.82, 2.24) is 10.6 Å². The Labute approximate surface area is 204 Å². The number of hydrogen-bond donors (Lipinski definition) is 3. The first kappa shape index (κ1) is 27.1. The van der Waals surface area contributed by atoms with Gasteiger partial charge in [0.2, 0.25) is 0 Å². The number of anilines is 1. The van der Waals surface area contributed by atoms with Crippen LogP contribution in [-0.2, 0) is 12.4 Å². The van der Waals surface area contributed by atoms with Crippen molar-refractivity contribution in [3.8, 4) is 0 Å². The third-order valence-corrected chi connectivity index (χ3v) is 6.23. The lowest BCUT2D eigenvalue weighted by atomic mass is 9.95. The minimum Gasteiger partial charge on any atom is -0.337 e. The van der Waals surface area contributed by atoms with Crippen molar-refractivity contribution in [1.29, 1.82) is 0 Å². The number of urea groups is 1. The van der Waals surface area contributed by atoms with Crippen LogP contribution in [0.5, 0.6) is 0 Å². The van der Waals surface area contributed by atoms with Crippen LogP contribution in [0, 0.1) is 0 Å². The predicted molar refractivity (Wildman–Crippen MR) is 123 cm³/mol. The molecule has 1 fully saturated rings. The molecule has 35 heavy (non-hydrogen) atoms. The molecule has 0 aliphatic heterocycles. The highest BCUT2D eigenvalue weighted by atomic mass is 35.5. The van der Waals surface area contributed by atoms with Gasteiger partial charge in [0.05, 0.1) is 11.1 Å². The van der Waals surface area contributed by atoms with Gasteiger partial charge in [-0.3, -0.25) is 0 Å². The van der Waals surface area contributed by atoms with E-state index in [4.69, 9.17) is 11.6 Å². The Kier molecular flexibility index (Phi) is 8.93. The second-order valence-corrected chi connectivity index (χ2v) is 9.04. The maximum absolute atomic E-state index is 13.1. The molecular weight excluding hydrogens is 496 g/mol. The van der Waals surface area contributed by atoms with Crippen molar-refractivity contribution in [2.24, 2.45) is 0 Å². The molecule has 0 heterocycles. The van der Waals surface area contributed by atoms with E-state index in [1.807, 2.05) is 12.1 Å². The molecule has 1 aliphatic rings. The van der Waals surface area contributed by atoms with Gasteiger partial charge in [0.1, 0.15) is 0 Å². The predicted octanol–water partition coefficient (Wildman–Crippen LogP) is 7.21. The molecule has 1 atom stereocenters. The lowest BCUT2D eigenvalue weighted by Gasteiger charge is -2.21. The Bertz CT molecular complexity index is 956. The molecule has 11 heteroatoms. The Hall–Kier alpha value is -2.46. The first-order valence-corrected chi connectivity index (χ1v) is 11.6. The van der Waals surface area contributed by atoms with Gasteiger partial charge < -0.3 is 16.0 Å². The van der Waals surface area contributed by atoms with E-state index in [1.54, 1.807) is 12.1 Å².